The van der Waals surface area contributed by atoms with E-state index in [1.807, 2.05) is 24.3 Å². The number of nitrogens with zero attached hydrogens (tertiary/aromatic N) is 2. The van der Waals surface area contributed by atoms with Crippen molar-refractivity contribution in [1.82, 2.24) is 10.2 Å². The molecule has 204 valence electrons. The summed E-state index contributed by atoms with van der Waals surface area (Å²) < 4.78 is 12.2. The second-order valence-corrected chi connectivity index (χ2v) is 11.0. The Bertz CT molecular complexity index is 1370. The lowest BCUT2D eigenvalue weighted by Crippen LogP contribution is -2.53. The van der Waals surface area contributed by atoms with Crippen molar-refractivity contribution in [3.63, 3.8) is 0 Å². The molecule has 2 aromatic rings. The maximum atomic E-state index is 13.6. The molecule has 0 radical (unpaired) electrons. The lowest BCUT2D eigenvalue weighted by molar-refractivity contribution is -0.132. The lowest BCUT2D eigenvalue weighted by Gasteiger charge is -2.42. The number of hydrogen-bond acceptors (Lipinski definition) is 6. The van der Waals surface area contributed by atoms with Crippen molar-refractivity contribution in [3.8, 4) is 11.5 Å². The highest BCUT2D eigenvalue weighted by atomic mass is 16.5. The van der Waals surface area contributed by atoms with Crippen LogP contribution in [0.3, 0.4) is 0 Å². The molecule has 0 aromatic heterocycles. The number of carbonyl (C=O) groups is 2. The number of carbonyl (C=O) groups excluding carboxylic acids is 2. The number of amides is 2. The number of fused-ring (bicyclic) bond motifs is 4. The normalized spacial score (nSPS) is 28.8. The highest BCUT2D eigenvalue weighted by Crippen LogP contribution is 2.41. The summed E-state index contributed by atoms with van der Waals surface area (Å²) in [5, 5.41) is 3.27. The summed E-state index contributed by atoms with van der Waals surface area (Å²) >= 11 is 0. The SMILES string of the molecule is CC[C@@H]1C[C@@H]2NC(=O)c3ccc4c(c3)[C@@H](CCO4)N3C(=O)C[C@@](CC)(CC/C=C/c4ccc(c2c4)O1)N=C3N. The molecule has 3 N–H and O–H groups in total. The minimum Gasteiger partial charge on any atom is -0.493 e. The van der Waals surface area contributed by atoms with Crippen LogP contribution >= 0.6 is 0 Å². The van der Waals surface area contributed by atoms with E-state index in [0.717, 1.165) is 48.1 Å². The largest absolute Gasteiger partial charge is 0.493 e. The Morgan fingerprint density at radius 2 is 1.97 bits per heavy atom. The zero-order chi connectivity index (χ0) is 27.1. The second-order valence-electron chi connectivity index (χ2n) is 11.0. The van der Waals surface area contributed by atoms with Crippen LogP contribution in [0.4, 0.5) is 0 Å². The lowest BCUT2D eigenvalue weighted by atomic mass is 9.84. The summed E-state index contributed by atoms with van der Waals surface area (Å²) in [5.41, 5.74) is 9.35. The number of nitrogens with one attached hydrogen (secondary N) is 1. The van der Waals surface area contributed by atoms with Crippen LogP contribution in [0.5, 0.6) is 11.5 Å². The third-order valence-corrected chi connectivity index (χ3v) is 8.65. The summed E-state index contributed by atoms with van der Waals surface area (Å²) in [5.74, 6) is 1.53. The van der Waals surface area contributed by atoms with Gasteiger partial charge in [-0.15, -0.1) is 0 Å². The third kappa shape index (κ3) is 4.66. The van der Waals surface area contributed by atoms with Crippen LogP contribution in [0.1, 0.15) is 97.9 Å². The molecule has 0 fully saturated rings. The number of guanidine groups is 1. The Balaban J connectivity index is 1.45. The molecule has 5 aliphatic rings. The average Bonchev–Trinajstić information content (AvgIpc) is 2.94. The molecule has 8 nitrogen and oxygen atoms in total. The van der Waals surface area contributed by atoms with E-state index < -0.39 is 5.54 Å². The first-order chi connectivity index (χ1) is 18.9. The van der Waals surface area contributed by atoms with Crippen molar-refractivity contribution in [2.24, 2.45) is 10.7 Å². The van der Waals surface area contributed by atoms with Gasteiger partial charge in [-0.3, -0.25) is 14.5 Å². The van der Waals surface area contributed by atoms with Crippen molar-refractivity contribution in [2.45, 2.75) is 82.5 Å². The number of aliphatic imine (C=N–C) groups is 1. The molecule has 0 saturated heterocycles. The summed E-state index contributed by atoms with van der Waals surface area (Å²) in [7, 11) is 0. The van der Waals surface area contributed by atoms with Gasteiger partial charge in [0.25, 0.3) is 5.91 Å². The molecule has 39 heavy (non-hydrogen) atoms. The van der Waals surface area contributed by atoms with Crippen LogP contribution < -0.4 is 20.5 Å². The van der Waals surface area contributed by atoms with Crippen molar-refractivity contribution >= 4 is 23.8 Å². The number of ether oxygens (including phenoxy) is 2. The standard InChI is InChI=1S/C31H36N4O4/c1-3-21-17-24-22-15-19(8-10-27(22)39-21)7-5-6-13-31(4-2)18-28(36)35(30(32)34-31)25-12-14-38-26-11-9-20(16-23(25)26)29(37)33-24/h5,7-11,15-16,21,24-25H,3-4,6,12-14,17-18H2,1-2H3,(H2,32,34)(H,33,37)/b7-5+/t21-,24+,25-,31-/m1/s1. The molecule has 0 spiro atoms. The van der Waals surface area contributed by atoms with E-state index in [4.69, 9.17) is 20.2 Å². The molecule has 4 atom stereocenters. The van der Waals surface area contributed by atoms with Gasteiger partial charge < -0.3 is 20.5 Å². The molecule has 2 aromatic carbocycles. The van der Waals surface area contributed by atoms with E-state index in [1.54, 1.807) is 11.0 Å². The monoisotopic (exact) mass is 528 g/mol. The summed E-state index contributed by atoms with van der Waals surface area (Å²) in [6, 6.07) is 11.1. The van der Waals surface area contributed by atoms with Gasteiger partial charge >= 0.3 is 0 Å². The zero-order valence-corrected chi connectivity index (χ0v) is 22.6. The van der Waals surface area contributed by atoms with Gasteiger partial charge in [-0.2, -0.15) is 0 Å². The van der Waals surface area contributed by atoms with E-state index >= 15 is 0 Å². The van der Waals surface area contributed by atoms with Gasteiger partial charge in [-0.05, 0) is 61.6 Å². The molecule has 5 aliphatic heterocycles. The van der Waals surface area contributed by atoms with E-state index in [0.29, 0.717) is 37.2 Å². The topological polar surface area (TPSA) is 106 Å². The van der Waals surface area contributed by atoms with Gasteiger partial charge in [0, 0.05) is 29.5 Å². The number of nitrogens with two attached hydrogens (primary N) is 1. The Morgan fingerprint density at radius 3 is 2.77 bits per heavy atom. The molecule has 7 rings (SSSR count). The fourth-order valence-corrected chi connectivity index (χ4v) is 6.34. The number of hydrogen-bond donors (Lipinski definition) is 2. The highest BCUT2D eigenvalue weighted by Gasteiger charge is 2.42. The molecular formula is C31H36N4O4. The van der Waals surface area contributed by atoms with Crippen LogP contribution in [0.15, 0.2) is 47.5 Å². The summed E-state index contributed by atoms with van der Waals surface area (Å²) in [6.07, 6.45) is 8.94. The Morgan fingerprint density at radius 1 is 1.13 bits per heavy atom. The van der Waals surface area contributed by atoms with Crippen LogP contribution in [-0.2, 0) is 4.79 Å². The predicted octanol–water partition coefficient (Wildman–Crippen LogP) is 5.05. The molecule has 0 saturated carbocycles. The van der Waals surface area contributed by atoms with Gasteiger partial charge in [-0.1, -0.05) is 32.1 Å². The molecular weight excluding hydrogens is 492 g/mol. The maximum Gasteiger partial charge on any atom is 0.251 e. The minimum absolute atomic E-state index is 0.0322. The first kappa shape index (κ1) is 25.5. The molecule has 0 aliphatic carbocycles. The van der Waals surface area contributed by atoms with E-state index in [2.05, 4.69) is 37.4 Å². The van der Waals surface area contributed by atoms with Gasteiger partial charge in [0.05, 0.1) is 30.7 Å². The van der Waals surface area contributed by atoms with Crippen molar-refractivity contribution in [2.75, 3.05) is 6.61 Å². The van der Waals surface area contributed by atoms with Gasteiger partial charge in [-0.25, -0.2) is 4.99 Å². The predicted molar refractivity (Wildman–Crippen MR) is 150 cm³/mol. The number of allylic oxidation sites excluding steroid dienone is 1. The number of benzene rings is 2. The van der Waals surface area contributed by atoms with Crippen LogP contribution in [-0.4, -0.2) is 40.9 Å². The van der Waals surface area contributed by atoms with Crippen molar-refractivity contribution in [1.29, 1.82) is 0 Å². The van der Waals surface area contributed by atoms with Crippen LogP contribution in [0.25, 0.3) is 6.08 Å². The fraction of sp³-hybridized carbons (Fsp3) is 0.452. The number of rotatable bonds is 2. The average molecular weight is 529 g/mol. The van der Waals surface area contributed by atoms with Gasteiger partial charge in [0.2, 0.25) is 5.91 Å². The Kier molecular flexibility index (Phi) is 6.57. The molecule has 0 unspecified atom stereocenters. The first-order valence-electron chi connectivity index (χ1n) is 14.1. The summed E-state index contributed by atoms with van der Waals surface area (Å²) in [4.78, 5) is 33.8. The first-order valence-corrected chi connectivity index (χ1v) is 14.1. The van der Waals surface area contributed by atoms with Crippen molar-refractivity contribution < 1.29 is 19.1 Å². The summed E-state index contributed by atoms with van der Waals surface area (Å²) in [6.45, 7) is 4.63. The van der Waals surface area contributed by atoms with Crippen LogP contribution in [0, 0.1) is 0 Å². The van der Waals surface area contributed by atoms with Gasteiger partial charge in [0.15, 0.2) is 5.96 Å². The molecule has 6 bridgehead atoms. The van der Waals surface area contributed by atoms with Crippen molar-refractivity contribution in [3.05, 3.63) is 64.7 Å². The zero-order valence-electron chi connectivity index (χ0n) is 22.6. The van der Waals surface area contributed by atoms with Gasteiger partial charge in [0.1, 0.15) is 17.6 Å². The fourth-order valence-electron chi connectivity index (χ4n) is 6.34. The molecule has 8 heteroatoms. The maximum absolute atomic E-state index is 13.6. The van der Waals surface area contributed by atoms with E-state index in [9.17, 15) is 9.59 Å². The molecule has 2 amide bonds. The highest BCUT2D eigenvalue weighted by molar-refractivity contribution is 6.00. The van der Waals surface area contributed by atoms with E-state index in [1.165, 1.54) is 0 Å². The Labute approximate surface area is 229 Å². The molecule has 5 heterocycles. The van der Waals surface area contributed by atoms with E-state index in [-0.39, 0.29) is 36.0 Å². The Hall–Kier alpha value is -3.81. The quantitative estimate of drug-likeness (QED) is 0.568. The second kappa shape index (κ2) is 10.1. The van der Waals surface area contributed by atoms with Crippen LogP contribution in [0.2, 0.25) is 0 Å². The smallest absolute Gasteiger partial charge is 0.251 e. The minimum atomic E-state index is -0.521. The third-order valence-electron chi connectivity index (χ3n) is 8.65.